The van der Waals surface area contributed by atoms with E-state index in [-0.39, 0.29) is 18.0 Å². The number of carbonyl (C=O) groups is 1. The third kappa shape index (κ3) is 3.86. The number of nitrogens with two attached hydrogens (primary N) is 1. The van der Waals surface area contributed by atoms with Crippen molar-refractivity contribution in [3.63, 3.8) is 0 Å². The zero-order chi connectivity index (χ0) is 13.5. The molecule has 0 fully saturated rings. The van der Waals surface area contributed by atoms with Crippen LogP contribution in [-0.2, 0) is 9.53 Å². The highest BCUT2D eigenvalue weighted by atomic mass is 35.5. The summed E-state index contributed by atoms with van der Waals surface area (Å²) < 4.78 is 4.98. The molecule has 1 aromatic rings. The molecule has 2 N–H and O–H groups in total. The zero-order valence-electron chi connectivity index (χ0n) is 10.7. The first kappa shape index (κ1) is 14.7. The first-order chi connectivity index (χ1) is 8.57. The van der Waals surface area contributed by atoms with Crippen LogP contribution < -0.4 is 5.73 Å². The fourth-order valence-electron chi connectivity index (χ4n) is 1.48. The van der Waals surface area contributed by atoms with Crippen molar-refractivity contribution >= 4 is 17.6 Å². The van der Waals surface area contributed by atoms with Crippen molar-refractivity contribution in [3.05, 3.63) is 47.0 Å². The van der Waals surface area contributed by atoms with Crippen LogP contribution in [0.2, 0.25) is 0 Å². The van der Waals surface area contributed by atoms with Gasteiger partial charge in [0.15, 0.2) is 0 Å². The van der Waals surface area contributed by atoms with Crippen LogP contribution in [0.1, 0.15) is 24.8 Å². The van der Waals surface area contributed by atoms with E-state index in [1.807, 2.05) is 37.3 Å². The van der Waals surface area contributed by atoms with E-state index in [0.29, 0.717) is 12.1 Å². The summed E-state index contributed by atoms with van der Waals surface area (Å²) in [4.78, 5) is 11.7. The minimum Gasteiger partial charge on any atom is -0.461 e. The molecule has 0 spiro atoms. The lowest BCUT2D eigenvalue weighted by molar-refractivity contribution is -0.138. The Morgan fingerprint density at radius 3 is 2.50 bits per heavy atom. The topological polar surface area (TPSA) is 52.3 Å². The molecule has 0 saturated carbocycles. The number of ether oxygens (including phenoxy) is 1. The molecule has 3 nitrogen and oxygen atoms in total. The van der Waals surface area contributed by atoms with Gasteiger partial charge in [0.25, 0.3) is 0 Å². The van der Waals surface area contributed by atoms with Crippen LogP contribution in [0.5, 0.6) is 0 Å². The second kappa shape index (κ2) is 7.19. The van der Waals surface area contributed by atoms with E-state index in [2.05, 4.69) is 0 Å². The fraction of sp³-hybridized carbons (Fsp3) is 0.357. The van der Waals surface area contributed by atoms with Crippen molar-refractivity contribution in [2.75, 3.05) is 13.2 Å². The summed E-state index contributed by atoms with van der Waals surface area (Å²) in [6.07, 6.45) is 0. The van der Waals surface area contributed by atoms with E-state index < -0.39 is 0 Å². The Hall–Kier alpha value is -1.32. The number of rotatable bonds is 5. The van der Waals surface area contributed by atoms with Crippen molar-refractivity contribution in [2.45, 2.75) is 19.2 Å². The highest BCUT2D eigenvalue weighted by Gasteiger charge is 2.16. The molecule has 0 bridgehead atoms. The lowest BCUT2D eigenvalue weighted by Gasteiger charge is -2.13. The second-order valence-electron chi connectivity index (χ2n) is 4.01. The number of allylic oxidation sites excluding steroid dienone is 1. The summed E-state index contributed by atoms with van der Waals surface area (Å²) in [5.41, 5.74) is 7.58. The molecule has 98 valence electrons. The molecule has 0 aliphatic heterocycles. The highest BCUT2D eigenvalue weighted by Crippen LogP contribution is 2.30. The van der Waals surface area contributed by atoms with Crippen LogP contribution in [0, 0.1) is 0 Å². The first-order valence-corrected chi connectivity index (χ1v) is 6.25. The number of esters is 1. The third-order valence-corrected chi connectivity index (χ3v) is 3.30. The van der Waals surface area contributed by atoms with Gasteiger partial charge in [0.05, 0.1) is 5.38 Å². The van der Waals surface area contributed by atoms with Crippen molar-refractivity contribution in [1.29, 1.82) is 0 Å². The van der Waals surface area contributed by atoms with Gasteiger partial charge < -0.3 is 10.5 Å². The van der Waals surface area contributed by atoms with Crippen molar-refractivity contribution in [2.24, 2.45) is 5.73 Å². The summed E-state index contributed by atoms with van der Waals surface area (Å²) >= 11 is 6.34. The van der Waals surface area contributed by atoms with E-state index in [0.717, 1.165) is 11.1 Å². The zero-order valence-corrected chi connectivity index (χ0v) is 11.4. The van der Waals surface area contributed by atoms with Crippen molar-refractivity contribution < 1.29 is 9.53 Å². The first-order valence-electron chi connectivity index (χ1n) is 5.81. The van der Waals surface area contributed by atoms with Gasteiger partial charge in [-0.2, -0.15) is 0 Å². The molecule has 4 heteroatoms. The van der Waals surface area contributed by atoms with E-state index in [4.69, 9.17) is 22.1 Å². The van der Waals surface area contributed by atoms with Gasteiger partial charge in [0.1, 0.15) is 6.61 Å². The molecule has 1 atom stereocenters. The average Bonchev–Trinajstić information content (AvgIpc) is 2.43. The monoisotopic (exact) mass is 267 g/mol. The molecule has 1 rings (SSSR count). The van der Waals surface area contributed by atoms with Crippen LogP contribution >= 0.6 is 11.6 Å². The van der Waals surface area contributed by atoms with Gasteiger partial charge in [-0.3, -0.25) is 0 Å². The Kier molecular flexibility index (Phi) is 5.89. The van der Waals surface area contributed by atoms with E-state index in [9.17, 15) is 4.79 Å². The molecule has 18 heavy (non-hydrogen) atoms. The molecule has 0 aromatic heterocycles. The second-order valence-corrected chi connectivity index (χ2v) is 4.44. The smallest absolute Gasteiger partial charge is 0.333 e. The van der Waals surface area contributed by atoms with Gasteiger partial charge in [0, 0.05) is 12.1 Å². The lowest BCUT2D eigenvalue weighted by atomic mass is 10.0. The molecule has 0 aliphatic rings. The maximum absolute atomic E-state index is 11.7. The lowest BCUT2D eigenvalue weighted by Crippen LogP contribution is -2.15. The Bertz CT molecular complexity index is 429. The van der Waals surface area contributed by atoms with Gasteiger partial charge in [-0.1, -0.05) is 30.3 Å². The number of hydrogen-bond donors (Lipinski definition) is 1. The van der Waals surface area contributed by atoms with Gasteiger partial charge in [-0.05, 0) is 25.0 Å². The molecule has 0 heterocycles. The fourth-order valence-corrected chi connectivity index (χ4v) is 1.79. The van der Waals surface area contributed by atoms with Crippen LogP contribution in [0.4, 0.5) is 0 Å². The van der Waals surface area contributed by atoms with Gasteiger partial charge in [0.2, 0.25) is 0 Å². The predicted octanol–water partition coefficient (Wildman–Crippen LogP) is 2.80. The number of carbonyl (C=O) groups excluding carboxylic acids is 1. The minimum atomic E-state index is -0.362. The summed E-state index contributed by atoms with van der Waals surface area (Å²) in [6, 6.07) is 9.62. The Labute approximate surface area is 113 Å². The summed E-state index contributed by atoms with van der Waals surface area (Å²) in [5, 5.41) is -0.323. The molecule has 0 saturated heterocycles. The molecule has 0 aliphatic carbocycles. The Morgan fingerprint density at radius 1 is 1.33 bits per heavy atom. The molecule has 1 aromatic carbocycles. The third-order valence-electron chi connectivity index (χ3n) is 2.72. The van der Waals surface area contributed by atoms with E-state index >= 15 is 0 Å². The van der Waals surface area contributed by atoms with E-state index in [1.165, 1.54) is 0 Å². The van der Waals surface area contributed by atoms with Gasteiger partial charge >= 0.3 is 5.97 Å². The van der Waals surface area contributed by atoms with Gasteiger partial charge in [-0.15, -0.1) is 11.6 Å². The van der Waals surface area contributed by atoms with Gasteiger partial charge in [-0.25, -0.2) is 4.79 Å². The number of benzene rings is 1. The molecule has 0 radical (unpaired) electrons. The predicted molar refractivity (Wildman–Crippen MR) is 73.4 cm³/mol. The standard InChI is InChI=1S/C14H18ClNO2/c1-10(11(2)14(17)18-9-8-16)13(15)12-6-4-3-5-7-12/h3-7,13H,8-9,16H2,1-2H3. The summed E-state index contributed by atoms with van der Waals surface area (Å²) in [6.45, 7) is 4.10. The van der Waals surface area contributed by atoms with Crippen LogP contribution in [0.25, 0.3) is 0 Å². The minimum absolute atomic E-state index is 0.224. The normalized spacial score (nSPS) is 13.8. The average molecular weight is 268 g/mol. The number of hydrogen-bond acceptors (Lipinski definition) is 3. The summed E-state index contributed by atoms with van der Waals surface area (Å²) in [7, 11) is 0. The SMILES string of the molecule is CC(C(=O)OCCN)=C(C)C(Cl)c1ccccc1. The molecular weight excluding hydrogens is 250 g/mol. The maximum Gasteiger partial charge on any atom is 0.333 e. The van der Waals surface area contributed by atoms with Crippen LogP contribution in [0.15, 0.2) is 41.5 Å². The van der Waals surface area contributed by atoms with Crippen LogP contribution in [0.3, 0.4) is 0 Å². The van der Waals surface area contributed by atoms with E-state index in [1.54, 1.807) is 6.92 Å². The molecular formula is C14H18ClNO2. The Morgan fingerprint density at radius 2 is 1.94 bits per heavy atom. The van der Waals surface area contributed by atoms with Crippen LogP contribution in [-0.4, -0.2) is 19.1 Å². The molecule has 1 unspecified atom stereocenters. The summed E-state index contributed by atoms with van der Waals surface area (Å²) in [5.74, 6) is -0.362. The number of alkyl halides is 1. The number of halogens is 1. The molecule has 0 amide bonds. The largest absolute Gasteiger partial charge is 0.461 e. The maximum atomic E-state index is 11.7. The Balaban J connectivity index is 2.84. The van der Waals surface area contributed by atoms with Crippen molar-refractivity contribution in [3.8, 4) is 0 Å². The van der Waals surface area contributed by atoms with Crippen molar-refractivity contribution in [1.82, 2.24) is 0 Å². The quantitative estimate of drug-likeness (QED) is 0.507. The highest BCUT2D eigenvalue weighted by molar-refractivity contribution is 6.22.